The Morgan fingerprint density at radius 1 is 1.42 bits per heavy atom. The zero-order chi connectivity index (χ0) is 14.1. The van der Waals surface area contributed by atoms with Crippen molar-refractivity contribution in [2.45, 2.75) is 45.4 Å². The zero-order valence-corrected chi connectivity index (χ0v) is 11.9. The third-order valence-electron chi connectivity index (χ3n) is 3.58. The van der Waals surface area contributed by atoms with Crippen molar-refractivity contribution < 1.29 is 19.6 Å². The molecule has 1 aliphatic rings. The summed E-state index contributed by atoms with van der Waals surface area (Å²) in [6.45, 7) is 5.24. The first kappa shape index (κ1) is 16.0. The third-order valence-corrected chi connectivity index (χ3v) is 3.58. The van der Waals surface area contributed by atoms with E-state index in [1.807, 2.05) is 0 Å². The van der Waals surface area contributed by atoms with E-state index in [4.69, 9.17) is 5.11 Å². The smallest absolute Gasteiger partial charge is 0.247 e. The Kier molecular flexibility index (Phi) is 7.48. The Balaban J connectivity index is 2.52. The lowest BCUT2D eigenvalue weighted by Gasteiger charge is -2.14. The molecule has 0 bridgehead atoms. The summed E-state index contributed by atoms with van der Waals surface area (Å²) in [6, 6.07) is 0. The van der Waals surface area contributed by atoms with Gasteiger partial charge in [-0.05, 0) is 6.42 Å². The van der Waals surface area contributed by atoms with Crippen LogP contribution in [-0.2, 0) is 4.79 Å². The van der Waals surface area contributed by atoms with E-state index in [1.165, 1.54) is 25.1 Å². The van der Waals surface area contributed by atoms with Crippen LogP contribution in [0.5, 0.6) is 0 Å². The number of aliphatic hydroxyl groups excluding tert-OH is 1. The van der Waals surface area contributed by atoms with Crippen LogP contribution in [0.15, 0.2) is 0 Å². The number of aliphatic carboxylic acids is 1. The second-order valence-corrected chi connectivity index (χ2v) is 5.05. The number of carboxylic acid groups (broad SMARTS) is 1. The van der Waals surface area contributed by atoms with E-state index in [-0.39, 0.29) is 13.0 Å². The summed E-state index contributed by atoms with van der Waals surface area (Å²) in [6.07, 6.45) is 5.85. The highest BCUT2D eigenvalue weighted by molar-refractivity contribution is 5.79. The van der Waals surface area contributed by atoms with Crippen molar-refractivity contribution in [1.29, 1.82) is 0 Å². The molecule has 1 heterocycles. The normalized spacial score (nSPS) is 15.4. The molecule has 0 amide bonds. The maximum atomic E-state index is 10.6. The molecule has 5 heteroatoms. The van der Waals surface area contributed by atoms with Crippen molar-refractivity contribution in [3.05, 3.63) is 0 Å². The molecule has 0 fully saturated rings. The molecule has 0 aromatic heterocycles. The molecular weight excluding hydrogens is 244 g/mol. The number of aliphatic hydroxyl groups is 1. The molecule has 0 aromatic carbocycles. The number of hydrogen-bond donors (Lipinski definition) is 1. The highest BCUT2D eigenvalue weighted by Crippen LogP contribution is 2.11. The molecule has 0 spiro atoms. The van der Waals surface area contributed by atoms with E-state index in [1.54, 1.807) is 0 Å². The van der Waals surface area contributed by atoms with Gasteiger partial charge in [-0.3, -0.25) is 9.48 Å². The van der Waals surface area contributed by atoms with Gasteiger partial charge in [-0.15, -0.1) is 0 Å². The summed E-state index contributed by atoms with van der Waals surface area (Å²) in [5, 5.41) is 19.6. The van der Waals surface area contributed by atoms with Crippen LogP contribution in [0.3, 0.4) is 0 Å². The number of carboxylic acids is 1. The molecule has 5 nitrogen and oxygen atoms in total. The van der Waals surface area contributed by atoms with Crippen LogP contribution < -0.4 is 5.11 Å². The van der Waals surface area contributed by atoms with Gasteiger partial charge in [0.2, 0.25) is 5.84 Å². The molecule has 1 rings (SSSR count). The van der Waals surface area contributed by atoms with Gasteiger partial charge >= 0.3 is 0 Å². The van der Waals surface area contributed by atoms with Crippen LogP contribution in [0.2, 0.25) is 0 Å². The standard InChI is InChI=1S/C14H26N2O3/c1-2-3-4-5-6-13-15(8-7-14(18)19)9-10-16(13)11-12-17/h17H,2-12H2,1H3. The lowest BCUT2D eigenvalue weighted by molar-refractivity contribution is -0.521. The van der Waals surface area contributed by atoms with Gasteiger partial charge in [0.25, 0.3) is 0 Å². The summed E-state index contributed by atoms with van der Waals surface area (Å²) >= 11 is 0. The van der Waals surface area contributed by atoms with E-state index in [2.05, 4.69) is 16.4 Å². The van der Waals surface area contributed by atoms with Crippen LogP contribution in [0.1, 0.15) is 45.4 Å². The summed E-state index contributed by atoms with van der Waals surface area (Å²) in [5.74, 6) is 0.206. The van der Waals surface area contributed by atoms with Gasteiger partial charge in [-0.1, -0.05) is 26.2 Å². The molecule has 1 N–H and O–H groups in total. The molecular formula is C14H26N2O3. The zero-order valence-electron chi connectivity index (χ0n) is 11.9. The van der Waals surface area contributed by atoms with Gasteiger partial charge in [-0.25, -0.2) is 0 Å². The molecule has 1 aliphatic heterocycles. The summed E-state index contributed by atoms with van der Waals surface area (Å²) in [7, 11) is 0. The van der Waals surface area contributed by atoms with Gasteiger partial charge in [0.1, 0.15) is 19.6 Å². The summed E-state index contributed by atoms with van der Waals surface area (Å²) in [5.41, 5.74) is 0. The Labute approximate surface area is 115 Å². The topological polar surface area (TPSA) is 66.6 Å². The second kappa shape index (κ2) is 8.91. The molecule has 110 valence electrons. The first-order chi connectivity index (χ1) is 9.19. The Morgan fingerprint density at radius 2 is 2.21 bits per heavy atom. The summed E-state index contributed by atoms with van der Waals surface area (Å²) in [4.78, 5) is 12.7. The second-order valence-electron chi connectivity index (χ2n) is 5.05. The van der Waals surface area contributed by atoms with Crippen LogP contribution in [0.25, 0.3) is 0 Å². The molecule has 0 atom stereocenters. The quantitative estimate of drug-likeness (QED) is 0.441. The van der Waals surface area contributed by atoms with Crippen molar-refractivity contribution in [1.82, 2.24) is 4.90 Å². The predicted octanol–water partition coefficient (Wildman–Crippen LogP) is -0.184. The minimum absolute atomic E-state index is 0.0748. The number of carbonyl (C=O) groups excluding carboxylic acids is 1. The largest absolute Gasteiger partial charge is 0.550 e. The van der Waals surface area contributed by atoms with Crippen molar-refractivity contribution in [2.24, 2.45) is 0 Å². The Morgan fingerprint density at radius 3 is 2.84 bits per heavy atom. The van der Waals surface area contributed by atoms with Crippen LogP contribution in [0, 0.1) is 0 Å². The van der Waals surface area contributed by atoms with Gasteiger partial charge < -0.3 is 15.0 Å². The average Bonchev–Trinajstić information content (AvgIpc) is 2.75. The van der Waals surface area contributed by atoms with Gasteiger partial charge in [-0.2, -0.15) is 0 Å². The van der Waals surface area contributed by atoms with Crippen molar-refractivity contribution in [3.63, 3.8) is 0 Å². The SMILES string of the molecule is CCCCCCC1=[N+](CCO)CCN1CCC(=O)[O-]. The van der Waals surface area contributed by atoms with E-state index in [9.17, 15) is 9.90 Å². The molecule has 0 aliphatic carbocycles. The fourth-order valence-electron chi connectivity index (χ4n) is 2.55. The fourth-order valence-corrected chi connectivity index (χ4v) is 2.55. The van der Waals surface area contributed by atoms with E-state index in [0.29, 0.717) is 13.1 Å². The average molecular weight is 270 g/mol. The van der Waals surface area contributed by atoms with Crippen LogP contribution >= 0.6 is 0 Å². The number of rotatable bonds is 10. The van der Waals surface area contributed by atoms with Crippen LogP contribution in [-0.4, -0.2) is 59.2 Å². The number of carbonyl (C=O) groups is 1. The van der Waals surface area contributed by atoms with Crippen LogP contribution in [0.4, 0.5) is 0 Å². The Bertz CT molecular complexity index is 316. The fraction of sp³-hybridized carbons (Fsp3) is 0.857. The molecule has 0 unspecified atom stereocenters. The monoisotopic (exact) mass is 270 g/mol. The number of nitrogens with zero attached hydrogens (tertiary/aromatic N) is 2. The van der Waals surface area contributed by atoms with E-state index >= 15 is 0 Å². The van der Waals surface area contributed by atoms with Crippen molar-refractivity contribution in [2.75, 3.05) is 32.8 Å². The van der Waals surface area contributed by atoms with Gasteiger partial charge in [0.15, 0.2) is 0 Å². The lowest BCUT2D eigenvalue weighted by Crippen LogP contribution is -2.34. The molecule has 0 saturated carbocycles. The maximum Gasteiger partial charge on any atom is 0.247 e. The van der Waals surface area contributed by atoms with E-state index < -0.39 is 5.97 Å². The number of β-amino-alcohol motifs (C(OH)–C–C–N with tert-alkyl or cyclic N) is 1. The first-order valence-electron chi connectivity index (χ1n) is 7.35. The minimum Gasteiger partial charge on any atom is -0.550 e. The number of hydrogen-bond acceptors (Lipinski definition) is 4. The highest BCUT2D eigenvalue weighted by Gasteiger charge is 2.28. The minimum atomic E-state index is -0.994. The maximum absolute atomic E-state index is 10.6. The molecule has 0 aromatic rings. The molecule has 19 heavy (non-hydrogen) atoms. The number of amidine groups is 1. The molecule has 0 saturated heterocycles. The number of unbranched alkanes of at least 4 members (excludes halogenated alkanes) is 3. The van der Waals surface area contributed by atoms with E-state index in [0.717, 1.165) is 25.9 Å². The summed E-state index contributed by atoms with van der Waals surface area (Å²) < 4.78 is 2.18. The molecule has 0 radical (unpaired) electrons. The Hall–Kier alpha value is -1.10. The van der Waals surface area contributed by atoms with Crippen molar-refractivity contribution >= 4 is 11.8 Å². The lowest BCUT2D eigenvalue weighted by atomic mass is 10.1. The highest BCUT2D eigenvalue weighted by atomic mass is 16.4. The van der Waals surface area contributed by atoms with Gasteiger partial charge in [0.05, 0.1) is 13.2 Å². The first-order valence-corrected chi connectivity index (χ1v) is 7.35. The predicted molar refractivity (Wildman–Crippen MR) is 72.0 cm³/mol. The van der Waals surface area contributed by atoms with Crippen molar-refractivity contribution in [3.8, 4) is 0 Å². The third kappa shape index (κ3) is 5.59. The van der Waals surface area contributed by atoms with Gasteiger partial charge in [0, 0.05) is 18.8 Å².